The Hall–Kier alpha value is -2.70. The van der Waals surface area contributed by atoms with E-state index in [1.807, 2.05) is 63.2 Å². The summed E-state index contributed by atoms with van der Waals surface area (Å²) >= 11 is 0. The van der Waals surface area contributed by atoms with E-state index in [1.165, 1.54) is 4.90 Å². The Morgan fingerprint density at radius 2 is 1.55 bits per heavy atom. The summed E-state index contributed by atoms with van der Waals surface area (Å²) in [6.07, 6.45) is 0.214. The lowest BCUT2D eigenvalue weighted by Crippen LogP contribution is -2.68. The van der Waals surface area contributed by atoms with Gasteiger partial charge in [0, 0.05) is 30.4 Å². The maximum Gasteiger partial charge on any atom is 0.408 e. The van der Waals surface area contributed by atoms with Gasteiger partial charge in [0.25, 0.3) is 0 Å². The van der Waals surface area contributed by atoms with Gasteiger partial charge in [0.1, 0.15) is 0 Å². The van der Waals surface area contributed by atoms with E-state index in [4.69, 9.17) is 9.47 Å². The normalized spacial score (nSPS) is 19.1. The third-order valence-corrected chi connectivity index (χ3v) is 6.18. The Morgan fingerprint density at radius 3 is 2.06 bits per heavy atom. The lowest BCUT2D eigenvalue weighted by molar-refractivity contribution is -0.272. The predicted molar refractivity (Wildman–Crippen MR) is 116 cm³/mol. The van der Waals surface area contributed by atoms with Crippen LogP contribution >= 0.6 is 0 Å². The molecule has 1 aliphatic heterocycles. The van der Waals surface area contributed by atoms with Crippen molar-refractivity contribution in [2.24, 2.45) is 0 Å². The second-order valence-electron chi connectivity index (χ2n) is 9.44. The van der Waals surface area contributed by atoms with Crippen LogP contribution in [-0.4, -0.2) is 46.4 Å². The molecule has 1 saturated carbocycles. The van der Waals surface area contributed by atoms with Crippen LogP contribution in [0.5, 0.6) is 0 Å². The van der Waals surface area contributed by atoms with Gasteiger partial charge in [0.2, 0.25) is 0 Å². The van der Waals surface area contributed by atoms with Gasteiger partial charge in [-0.1, -0.05) is 54.6 Å². The highest BCUT2D eigenvalue weighted by atomic mass is 16.7. The highest BCUT2D eigenvalue weighted by Crippen LogP contribution is 2.57. The number of Topliss-reactive ketones (excluding diaryl/α,β-unsaturated/α-hetero) is 1. The minimum atomic E-state index is -0.982. The van der Waals surface area contributed by atoms with Crippen molar-refractivity contribution in [3.63, 3.8) is 0 Å². The van der Waals surface area contributed by atoms with Crippen molar-refractivity contribution < 1.29 is 24.2 Å². The van der Waals surface area contributed by atoms with Crippen molar-refractivity contribution >= 4 is 11.9 Å². The first kappa shape index (κ1) is 21.5. The van der Waals surface area contributed by atoms with Crippen molar-refractivity contribution in [1.82, 2.24) is 4.90 Å². The third-order valence-electron chi connectivity index (χ3n) is 6.18. The molecule has 0 atom stereocenters. The lowest BCUT2D eigenvalue weighted by atomic mass is 9.64. The fourth-order valence-corrected chi connectivity index (χ4v) is 4.99. The van der Waals surface area contributed by atoms with E-state index in [9.17, 15) is 14.7 Å². The number of amides is 1. The van der Waals surface area contributed by atoms with Crippen LogP contribution < -0.4 is 0 Å². The fraction of sp³-hybridized carbons (Fsp3) is 0.440. The van der Waals surface area contributed by atoms with Gasteiger partial charge < -0.3 is 14.6 Å². The molecule has 1 spiro atoms. The van der Waals surface area contributed by atoms with Crippen LogP contribution in [0.3, 0.4) is 0 Å². The number of rotatable bonds is 5. The minimum absolute atomic E-state index is 0.0326. The average molecular weight is 424 g/mol. The topological polar surface area (TPSA) is 76.1 Å². The number of carboxylic acid groups (broad SMARTS) is 1. The van der Waals surface area contributed by atoms with Crippen LogP contribution in [-0.2, 0) is 21.4 Å². The summed E-state index contributed by atoms with van der Waals surface area (Å²) in [5, 5.41) is 10.1. The zero-order chi connectivity index (χ0) is 22.3. The van der Waals surface area contributed by atoms with Crippen molar-refractivity contribution in [3.8, 4) is 0 Å². The molecule has 6 heteroatoms. The summed E-state index contributed by atoms with van der Waals surface area (Å²) in [5.74, 6) is -0.689. The maximum atomic E-state index is 12.7. The van der Waals surface area contributed by atoms with Crippen LogP contribution in [0.4, 0.5) is 4.79 Å². The molecule has 6 nitrogen and oxygen atoms in total. The summed E-state index contributed by atoms with van der Waals surface area (Å²) in [7, 11) is 0. The second kappa shape index (κ2) is 7.77. The Kier molecular flexibility index (Phi) is 5.40. The molecule has 4 rings (SSSR count). The van der Waals surface area contributed by atoms with Crippen LogP contribution in [0, 0.1) is 0 Å². The van der Waals surface area contributed by atoms with E-state index >= 15 is 0 Å². The number of carbonyl (C=O) groups is 2. The Morgan fingerprint density at radius 1 is 0.968 bits per heavy atom. The Labute approximate surface area is 182 Å². The van der Waals surface area contributed by atoms with Gasteiger partial charge in [-0.15, -0.1) is 0 Å². The summed E-state index contributed by atoms with van der Waals surface area (Å²) in [6.45, 7) is 6.71. The molecule has 1 amide bonds. The van der Waals surface area contributed by atoms with Gasteiger partial charge in [-0.05, 0) is 31.9 Å². The fourth-order valence-electron chi connectivity index (χ4n) is 4.99. The van der Waals surface area contributed by atoms with Gasteiger partial charge in [-0.25, -0.2) is 4.79 Å². The van der Waals surface area contributed by atoms with Gasteiger partial charge in [-0.2, -0.15) is 0 Å². The molecule has 1 aliphatic carbocycles. The van der Waals surface area contributed by atoms with E-state index in [1.54, 1.807) is 12.1 Å². The number of ketones is 1. The number of ether oxygens (including phenoxy) is 2. The van der Waals surface area contributed by atoms with E-state index in [-0.39, 0.29) is 5.78 Å². The van der Waals surface area contributed by atoms with Crippen LogP contribution in [0.25, 0.3) is 0 Å². The highest BCUT2D eigenvalue weighted by Gasteiger charge is 2.64. The molecule has 164 valence electrons. The lowest BCUT2D eigenvalue weighted by Gasteiger charge is -2.60. The number of benzene rings is 2. The summed E-state index contributed by atoms with van der Waals surface area (Å²) in [4.78, 5) is 26.6. The smallest absolute Gasteiger partial charge is 0.408 e. The van der Waals surface area contributed by atoms with Crippen molar-refractivity contribution in [3.05, 3.63) is 71.3 Å². The molecular formula is C25H29NO5. The standard InChI is InChI=1S/C25H29NO5/c1-23(2,3)26(22(28)29)24(16-25(17-24)30-13-14-31-25)20-11-9-19(10-12-20)21(27)15-18-7-5-4-6-8-18/h4-12H,13-17H2,1-3H3,(H,28,29). The molecule has 0 radical (unpaired) electrons. The number of hydrogen-bond acceptors (Lipinski definition) is 4. The average Bonchev–Trinajstić information content (AvgIpc) is 3.16. The number of hydrogen-bond donors (Lipinski definition) is 1. The molecule has 1 saturated heterocycles. The molecule has 0 bridgehead atoms. The molecule has 1 heterocycles. The van der Waals surface area contributed by atoms with E-state index < -0.39 is 23.0 Å². The highest BCUT2D eigenvalue weighted by molar-refractivity contribution is 5.97. The van der Waals surface area contributed by atoms with E-state index in [0.717, 1.165) is 11.1 Å². The zero-order valence-corrected chi connectivity index (χ0v) is 18.3. The Bertz CT molecular complexity index is 948. The van der Waals surface area contributed by atoms with Gasteiger partial charge >= 0.3 is 6.09 Å². The number of nitrogens with zero attached hydrogens (tertiary/aromatic N) is 1. The first-order chi connectivity index (χ1) is 14.7. The minimum Gasteiger partial charge on any atom is -0.465 e. The molecular weight excluding hydrogens is 394 g/mol. The van der Waals surface area contributed by atoms with Gasteiger partial charge in [-0.3, -0.25) is 9.69 Å². The van der Waals surface area contributed by atoms with Crippen molar-refractivity contribution in [1.29, 1.82) is 0 Å². The molecule has 0 unspecified atom stereocenters. The molecule has 2 aliphatic rings. The molecule has 1 N–H and O–H groups in total. The molecule has 2 aromatic rings. The van der Waals surface area contributed by atoms with Crippen LogP contribution in [0.1, 0.15) is 55.1 Å². The quantitative estimate of drug-likeness (QED) is 0.710. The zero-order valence-electron chi connectivity index (χ0n) is 18.3. The van der Waals surface area contributed by atoms with Gasteiger partial charge in [0.05, 0.1) is 18.8 Å². The third kappa shape index (κ3) is 3.98. The number of carbonyl (C=O) groups excluding carboxylic acids is 1. The maximum absolute atomic E-state index is 12.7. The SMILES string of the molecule is CC(C)(C)N(C(=O)O)C1(c2ccc(C(=O)Cc3ccccc3)cc2)CC2(C1)OCCO2. The van der Waals surface area contributed by atoms with E-state index in [0.29, 0.717) is 38.0 Å². The molecule has 0 aromatic heterocycles. The molecule has 2 aromatic carbocycles. The van der Waals surface area contributed by atoms with E-state index in [2.05, 4.69) is 0 Å². The van der Waals surface area contributed by atoms with Crippen LogP contribution in [0.15, 0.2) is 54.6 Å². The first-order valence-corrected chi connectivity index (χ1v) is 10.6. The summed E-state index contributed by atoms with van der Waals surface area (Å²) in [5.41, 5.74) is 1.05. The van der Waals surface area contributed by atoms with Crippen molar-refractivity contribution in [2.45, 2.75) is 56.9 Å². The van der Waals surface area contributed by atoms with Gasteiger partial charge in [0.15, 0.2) is 11.6 Å². The largest absolute Gasteiger partial charge is 0.465 e. The summed E-state index contributed by atoms with van der Waals surface area (Å²) < 4.78 is 11.7. The van der Waals surface area contributed by atoms with Crippen LogP contribution in [0.2, 0.25) is 0 Å². The summed E-state index contributed by atoms with van der Waals surface area (Å²) in [6, 6.07) is 17.0. The van der Waals surface area contributed by atoms with Crippen molar-refractivity contribution in [2.75, 3.05) is 13.2 Å². The molecule has 2 fully saturated rings. The first-order valence-electron chi connectivity index (χ1n) is 10.6. The predicted octanol–water partition coefficient (Wildman–Crippen LogP) is 4.62. The second-order valence-corrected chi connectivity index (χ2v) is 9.44. The molecule has 31 heavy (non-hydrogen) atoms. The monoisotopic (exact) mass is 423 g/mol. The Balaban J connectivity index is 1.63.